The molecule has 29 heavy (non-hydrogen) atoms. The molecule has 0 spiro atoms. The van der Waals surface area contributed by atoms with Crippen LogP contribution in [0.5, 0.6) is 0 Å². The SMILES string of the molecule is O=[N+]([O-])c1cc(S(=O)(=O)N2CCCCC2)ccc1NC(CCO)C1CCCCC1. The molecule has 1 unspecified atom stereocenters. The zero-order valence-corrected chi connectivity index (χ0v) is 17.6. The van der Waals surface area contributed by atoms with Gasteiger partial charge in [-0.2, -0.15) is 4.31 Å². The zero-order chi connectivity index (χ0) is 20.9. The molecule has 3 rings (SSSR count). The Balaban J connectivity index is 1.86. The fraction of sp³-hybridized carbons (Fsp3) is 0.700. The molecular formula is C20H31N3O5S. The molecule has 1 aliphatic heterocycles. The number of hydrogen-bond donors (Lipinski definition) is 2. The van der Waals surface area contributed by atoms with E-state index in [0.717, 1.165) is 44.9 Å². The third kappa shape index (κ3) is 5.26. The van der Waals surface area contributed by atoms with Gasteiger partial charge in [0.1, 0.15) is 5.69 Å². The summed E-state index contributed by atoms with van der Waals surface area (Å²) in [6, 6.07) is 4.06. The smallest absolute Gasteiger partial charge is 0.293 e. The molecule has 1 aliphatic carbocycles. The van der Waals surface area contributed by atoms with E-state index in [0.29, 0.717) is 31.1 Å². The molecule has 0 radical (unpaired) electrons. The van der Waals surface area contributed by atoms with Crippen LogP contribution in [0.15, 0.2) is 23.1 Å². The third-order valence-electron chi connectivity index (χ3n) is 6.12. The van der Waals surface area contributed by atoms with Crippen molar-refractivity contribution >= 4 is 21.4 Å². The van der Waals surface area contributed by atoms with Crippen molar-refractivity contribution in [2.24, 2.45) is 5.92 Å². The predicted molar refractivity (Wildman–Crippen MR) is 111 cm³/mol. The number of aliphatic hydroxyl groups is 1. The van der Waals surface area contributed by atoms with Crippen molar-refractivity contribution in [2.45, 2.75) is 68.7 Å². The summed E-state index contributed by atoms with van der Waals surface area (Å²) in [6.07, 6.45) is 8.66. The van der Waals surface area contributed by atoms with Crippen LogP contribution in [0, 0.1) is 16.0 Å². The van der Waals surface area contributed by atoms with E-state index in [4.69, 9.17) is 0 Å². The Morgan fingerprint density at radius 1 is 1.14 bits per heavy atom. The zero-order valence-electron chi connectivity index (χ0n) is 16.8. The van der Waals surface area contributed by atoms with Crippen molar-refractivity contribution in [1.29, 1.82) is 0 Å². The van der Waals surface area contributed by atoms with Crippen LogP contribution in [-0.2, 0) is 10.0 Å². The van der Waals surface area contributed by atoms with Crippen molar-refractivity contribution in [1.82, 2.24) is 4.31 Å². The lowest BCUT2D eigenvalue weighted by molar-refractivity contribution is -0.384. The maximum absolute atomic E-state index is 12.9. The number of benzene rings is 1. The summed E-state index contributed by atoms with van der Waals surface area (Å²) in [4.78, 5) is 11.1. The minimum absolute atomic E-state index is 0.00336. The highest BCUT2D eigenvalue weighted by Gasteiger charge is 2.30. The number of rotatable bonds is 8. The molecule has 2 N–H and O–H groups in total. The van der Waals surface area contributed by atoms with Gasteiger partial charge in [0, 0.05) is 31.8 Å². The molecule has 2 aliphatic rings. The molecule has 2 fully saturated rings. The number of hydrogen-bond acceptors (Lipinski definition) is 6. The summed E-state index contributed by atoms with van der Waals surface area (Å²) >= 11 is 0. The summed E-state index contributed by atoms with van der Waals surface area (Å²) in [6.45, 7) is 0.913. The molecule has 0 amide bonds. The number of sulfonamides is 1. The van der Waals surface area contributed by atoms with Gasteiger partial charge in [0.15, 0.2) is 0 Å². The third-order valence-corrected chi connectivity index (χ3v) is 8.01. The number of aliphatic hydroxyl groups excluding tert-OH is 1. The largest absolute Gasteiger partial charge is 0.396 e. The van der Waals surface area contributed by atoms with Gasteiger partial charge in [0.05, 0.1) is 9.82 Å². The number of nitrogens with one attached hydrogen (secondary N) is 1. The van der Waals surface area contributed by atoms with E-state index in [1.54, 1.807) is 0 Å². The Bertz CT molecular complexity index is 802. The van der Waals surface area contributed by atoms with E-state index in [2.05, 4.69) is 5.32 Å². The summed E-state index contributed by atoms with van der Waals surface area (Å²) in [7, 11) is -3.73. The first-order valence-electron chi connectivity index (χ1n) is 10.6. The predicted octanol–water partition coefficient (Wildman–Crippen LogP) is 3.51. The van der Waals surface area contributed by atoms with Gasteiger partial charge < -0.3 is 10.4 Å². The summed E-state index contributed by atoms with van der Waals surface area (Å²) in [5, 5.41) is 24.4. The normalized spacial score (nSPS) is 20.3. The van der Waals surface area contributed by atoms with E-state index in [1.165, 1.54) is 28.9 Å². The monoisotopic (exact) mass is 425 g/mol. The van der Waals surface area contributed by atoms with Gasteiger partial charge in [-0.05, 0) is 50.2 Å². The Hall–Kier alpha value is -1.71. The number of anilines is 1. The Morgan fingerprint density at radius 3 is 2.41 bits per heavy atom. The fourth-order valence-corrected chi connectivity index (χ4v) is 6.04. The lowest BCUT2D eigenvalue weighted by atomic mass is 9.82. The Morgan fingerprint density at radius 2 is 1.79 bits per heavy atom. The maximum Gasteiger partial charge on any atom is 0.293 e. The average molecular weight is 426 g/mol. The van der Waals surface area contributed by atoms with Gasteiger partial charge in [-0.25, -0.2) is 8.42 Å². The lowest BCUT2D eigenvalue weighted by Gasteiger charge is -2.31. The van der Waals surface area contributed by atoms with Crippen LogP contribution in [0.3, 0.4) is 0 Å². The Labute approximate surface area is 172 Å². The number of nitro groups is 1. The second-order valence-corrected chi connectivity index (χ2v) is 10.00. The molecule has 9 heteroatoms. The van der Waals surface area contributed by atoms with Crippen molar-refractivity contribution in [2.75, 3.05) is 25.0 Å². The van der Waals surface area contributed by atoms with Crippen LogP contribution in [0.2, 0.25) is 0 Å². The second-order valence-electron chi connectivity index (χ2n) is 8.06. The molecule has 1 saturated heterocycles. The standard InChI is InChI=1S/C20H31N3O5S/c24-14-11-18(16-7-3-1-4-8-16)21-19-10-9-17(15-20(19)23(25)26)29(27,28)22-12-5-2-6-13-22/h9-10,15-16,18,21,24H,1-8,11-14H2. The highest BCUT2D eigenvalue weighted by molar-refractivity contribution is 7.89. The average Bonchev–Trinajstić information content (AvgIpc) is 2.74. The van der Waals surface area contributed by atoms with Gasteiger partial charge in [-0.1, -0.05) is 25.7 Å². The molecule has 162 valence electrons. The van der Waals surface area contributed by atoms with Crippen molar-refractivity contribution in [3.05, 3.63) is 28.3 Å². The minimum atomic E-state index is -3.73. The van der Waals surface area contributed by atoms with Crippen LogP contribution in [0.25, 0.3) is 0 Å². The van der Waals surface area contributed by atoms with E-state index < -0.39 is 14.9 Å². The minimum Gasteiger partial charge on any atom is -0.396 e. The second kappa shape index (κ2) is 9.86. The van der Waals surface area contributed by atoms with Crippen LogP contribution in [0.1, 0.15) is 57.8 Å². The summed E-state index contributed by atoms with van der Waals surface area (Å²) < 4.78 is 27.2. The Kier molecular flexibility index (Phi) is 7.48. The lowest BCUT2D eigenvalue weighted by Crippen LogP contribution is -2.35. The van der Waals surface area contributed by atoms with Gasteiger partial charge in [-0.3, -0.25) is 10.1 Å². The van der Waals surface area contributed by atoms with Crippen LogP contribution in [0.4, 0.5) is 11.4 Å². The molecule has 1 heterocycles. The molecule has 1 atom stereocenters. The molecule has 8 nitrogen and oxygen atoms in total. The van der Waals surface area contributed by atoms with Gasteiger partial charge in [0.2, 0.25) is 10.0 Å². The van der Waals surface area contributed by atoms with E-state index in [1.807, 2.05) is 0 Å². The first kappa shape index (κ1) is 22.0. The first-order chi connectivity index (χ1) is 13.9. The first-order valence-corrected chi connectivity index (χ1v) is 12.0. The van der Waals surface area contributed by atoms with Crippen LogP contribution in [-0.4, -0.2) is 48.5 Å². The fourth-order valence-electron chi connectivity index (χ4n) is 4.50. The van der Waals surface area contributed by atoms with Crippen molar-refractivity contribution < 1.29 is 18.4 Å². The van der Waals surface area contributed by atoms with Gasteiger partial charge >= 0.3 is 0 Å². The quantitative estimate of drug-likeness (QED) is 0.487. The molecule has 0 bridgehead atoms. The van der Waals surface area contributed by atoms with E-state index in [9.17, 15) is 23.6 Å². The summed E-state index contributed by atoms with van der Waals surface area (Å²) in [5.41, 5.74) is 0.0819. The summed E-state index contributed by atoms with van der Waals surface area (Å²) in [5.74, 6) is 0.354. The highest BCUT2D eigenvalue weighted by atomic mass is 32.2. The van der Waals surface area contributed by atoms with E-state index >= 15 is 0 Å². The van der Waals surface area contributed by atoms with Crippen molar-refractivity contribution in [3.63, 3.8) is 0 Å². The topological polar surface area (TPSA) is 113 Å². The molecular weight excluding hydrogens is 394 g/mol. The molecule has 1 aromatic rings. The number of nitrogens with zero attached hydrogens (tertiary/aromatic N) is 2. The molecule has 0 aromatic heterocycles. The van der Waals surface area contributed by atoms with Gasteiger partial charge in [0.25, 0.3) is 5.69 Å². The number of nitro benzene ring substituents is 1. The molecule has 1 saturated carbocycles. The maximum atomic E-state index is 12.9. The molecule has 1 aromatic carbocycles. The van der Waals surface area contributed by atoms with E-state index in [-0.39, 0.29) is 23.2 Å². The van der Waals surface area contributed by atoms with Gasteiger partial charge in [-0.15, -0.1) is 0 Å². The van der Waals surface area contributed by atoms with Crippen LogP contribution < -0.4 is 5.32 Å². The number of piperidine rings is 1. The van der Waals surface area contributed by atoms with Crippen LogP contribution >= 0.6 is 0 Å². The van der Waals surface area contributed by atoms with Crippen molar-refractivity contribution in [3.8, 4) is 0 Å². The highest BCUT2D eigenvalue weighted by Crippen LogP contribution is 2.34.